The van der Waals surface area contributed by atoms with Crippen LogP contribution in [0.2, 0.25) is 0 Å². The molecule has 0 amide bonds. The predicted molar refractivity (Wildman–Crippen MR) is 91.5 cm³/mol. The number of aromatic nitrogens is 3. The minimum Gasteiger partial charge on any atom is -0.355 e. The van der Waals surface area contributed by atoms with Crippen LogP contribution in [0.5, 0.6) is 0 Å². The SMILES string of the molecule is CN=C(NCCN(C)C1CCCC1)NC1CCc2ncnn2C1. The molecule has 2 heterocycles. The van der Waals surface area contributed by atoms with Crippen LogP contribution in [-0.2, 0) is 13.0 Å². The molecule has 3 rings (SSSR count). The van der Waals surface area contributed by atoms with Crippen molar-refractivity contribution >= 4 is 5.96 Å². The molecule has 1 atom stereocenters. The van der Waals surface area contributed by atoms with Crippen molar-refractivity contribution < 1.29 is 0 Å². The number of hydrogen-bond acceptors (Lipinski definition) is 4. The van der Waals surface area contributed by atoms with Gasteiger partial charge in [0.2, 0.25) is 0 Å². The van der Waals surface area contributed by atoms with Crippen LogP contribution in [-0.4, -0.2) is 64.9 Å². The monoisotopic (exact) mass is 319 g/mol. The lowest BCUT2D eigenvalue weighted by Crippen LogP contribution is -2.48. The van der Waals surface area contributed by atoms with Crippen LogP contribution >= 0.6 is 0 Å². The van der Waals surface area contributed by atoms with Crippen molar-refractivity contribution in [1.29, 1.82) is 0 Å². The molecule has 0 spiro atoms. The molecule has 0 radical (unpaired) electrons. The van der Waals surface area contributed by atoms with Crippen LogP contribution in [0, 0.1) is 0 Å². The lowest BCUT2D eigenvalue weighted by atomic mass is 10.1. The third-order valence-electron chi connectivity index (χ3n) is 5.07. The maximum Gasteiger partial charge on any atom is 0.191 e. The van der Waals surface area contributed by atoms with Gasteiger partial charge in [0.25, 0.3) is 0 Å². The van der Waals surface area contributed by atoms with Gasteiger partial charge in [0.1, 0.15) is 12.2 Å². The van der Waals surface area contributed by atoms with Crippen LogP contribution in [0.4, 0.5) is 0 Å². The van der Waals surface area contributed by atoms with Crippen molar-refractivity contribution in [2.24, 2.45) is 4.99 Å². The average Bonchev–Trinajstić information content (AvgIpc) is 3.24. The van der Waals surface area contributed by atoms with Crippen LogP contribution in [0.1, 0.15) is 37.9 Å². The van der Waals surface area contributed by atoms with E-state index < -0.39 is 0 Å². The number of aliphatic imine (C=N–C) groups is 1. The molecule has 128 valence electrons. The zero-order valence-electron chi connectivity index (χ0n) is 14.3. The third kappa shape index (κ3) is 4.22. The molecule has 1 saturated carbocycles. The average molecular weight is 319 g/mol. The molecule has 7 heteroatoms. The van der Waals surface area contributed by atoms with E-state index in [1.807, 2.05) is 11.7 Å². The largest absolute Gasteiger partial charge is 0.355 e. The lowest BCUT2D eigenvalue weighted by molar-refractivity contribution is 0.249. The minimum absolute atomic E-state index is 0.364. The maximum atomic E-state index is 4.35. The van der Waals surface area contributed by atoms with Crippen molar-refractivity contribution in [2.75, 3.05) is 27.2 Å². The molecule has 0 aromatic carbocycles. The van der Waals surface area contributed by atoms with Crippen molar-refractivity contribution in [1.82, 2.24) is 30.3 Å². The molecule has 1 unspecified atom stereocenters. The molecule has 1 aromatic heterocycles. The smallest absolute Gasteiger partial charge is 0.191 e. The molecule has 23 heavy (non-hydrogen) atoms. The summed E-state index contributed by atoms with van der Waals surface area (Å²) in [5.41, 5.74) is 0. The first kappa shape index (κ1) is 16.2. The summed E-state index contributed by atoms with van der Waals surface area (Å²) in [6.45, 7) is 2.84. The Hall–Kier alpha value is -1.63. The molecular weight excluding hydrogens is 290 g/mol. The normalized spacial score (nSPS) is 22.4. The molecule has 2 aliphatic rings. The van der Waals surface area contributed by atoms with Gasteiger partial charge in [-0.05, 0) is 26.3 Å². The molecule has 1 fully saturated rings. The van der Waals surface area contributed by atoms with Gasteiger partial charge in [-0.3, -0.25) is 4.99 Å². The number of hydrogen-bond donors (Lipinski definition) is 2. The van der Waals surface area contributed by atoms with E-state index in [4.69, 9.17) is 0 Å². The van der Waals surface area contributed by atoms with Gasteiger partial charge < -0.3 is 15.5 Å². The van der Waals surface area contributed by atoms with E-state index in [0.717, 1.165) is 50.3 Å². The highest BCUT2D eigenvalue weighted by Gasteiger charge is 2.21. The number of fused-ring (bicyclic) bond motifs is 1. The Morgan fingerprint density at radius 3 is 3.00 bits per heavy atom. The first-order valence-corrected chi connectivity index (χ1v) is 8.80. The number of nitrogens with zero attached hydrogens (tertiary/aromatic N) is 5. The van der Waals surface area contributed by atoms with Crippen molar-refractivity contribution in [3.05, 3.63) is 12.2 Å². The number of likely N-dealkylation sites (N-methyl/N-ethyl adjacent to an activating group) is 1. The molecule has 0 bridgehead atoms. The summed E-state index contributed by atoms with van der Waals surface area (Å²) in [6, 6.07) is 1.14. The molecule has 0 saturated heterocycles. The fraction of sp³-hybridized carbons (Fsp3) is 0.812. The Morgan fingerprint density at radius 2 is 2.22 bits per heavy atom. The van der Waals surface area contributed by atoms with E-state index in [1.54, 1.807) is 6.33 Å². The van der Waals surface area contributed by atoms with Crippen LogP contribution in [0.25, 0.3) is 0 Å². The Bertz CT molecular complexity index is 518. The van der Waals surface area contributed by atoms with E-state index >= 15 is 0 Å². The zero-order chi connectivity index (χ0) is 16.1. The van der Waals surface area contributed by atoms with Crippen LogP contribution in [0.3, 0.4) is 0 Å². The van der Waals surface area contributed by atoms with Gasteiger partial charge in [-0.25, -0.2) is 9.67 Å². The quantitative estimate of drug-likeness (QED) is 0.615. The number of aryl methyl sites for hydroxylation is 1. The highest BCUT2D eigenvalue weighted by atomic mass is 15.4. The Morgan fingerprint density at radius 1 is 1.39 bits per heavy atom. The minimum atomic E-state index is 0.364. The molecule has 1 aliphatic heterocycles. The predicted octanol–water partition coefficient (Wildman–Crippen LogP) is 0.632. The Labute approximate surface area is 138 Å². The van der Waals surface area contributed by atoms with Gasteiger partial charge in [-0.15, -0.1) is 0 Å². The fourth-order valence-electron chi connectivity index (χ4n) is 3.62. The summed E-state index contributed by atoms with van der Waals surface area (Å²) < 4.78 is 1.99. The topological polar surface area (TPSA) is 70.4 Å². The van der Waals surface area contributed by atoms with Crippen LogP contribution < -0.4 is 10.6 Å². The zero-order valence-corrected chi connectivity index (χ0v) is 14.3. The summed E-state index contributed by atoms with van der Waals surface area (Å²) in [5.74, 6) is 1.97. The Kier molecular flexibility index (Phi) is 5.48. The van der Waals surface area contributed by atoms with E-state index in [0.29, 0.717) is 6.04 Å². The summed E-state index contributed by atoms with van der Waals surface area (Å²) in [6.07, 6.45) is 9.16. The summed E-state index contributed by atoms with van der Waals surface area (Å²) in [7, 11) is 4.07. The van der Waals surface area contributed by atoms with E-state index in [1.165, 1.54) is 25.7 Å². The van der Waals surface area contributed by atoms with Crippen molar-refractivity contribution in [2.45, 2.75) is 57.2 Å². The maximum absolute atomic E-state index is 4.35. The number of rotatable bonds is 5. The van der Waals surface area contributed by atoms with Gasteiger partial charge in [0.15, 0.2) is 5.96 Å². The highest BCUT2D eigenvalue weighted by Crippen LogP contribution is 2.21. The summed E-state index contributed by atoms with van der Waals surface area (Å²) in [5, 5.41) is 11.2. The van der Waals surface area contributed by atoms with E-state index in [2.05, 4.69) is 37.7 Å². The number of nitrogens with one attached hydrogen (secondary N) is 2. The molecule has 7 nitrogen and oxygen atoms in total. The lowest BCUT2D eigenvalue weighted by Gasteiger charge is -2.27. The second kappa shape index (κ2) is 7.77. The fourth-order valence-corrected chi connectivity index (χ4v) is 3.62. The summed E-state index contributed by atoms with van der Waals surface area (Å²) in [4.78, 5) is 11.1. The van der Waals surface area contributed by atoms with Gasteiger partial charge in [-0.2, -0.15) is 5.10 Å². The van der Waals surface area contributed by atoms with E-state index in [9.17, 15) is 0 Å². The van der Waals surface area contributed by atoms with Gasteiger partial charge in [-0.1, -0.05) is 12.8 Å². The molecular formula is C16H29N7. The standard InChI is InChI=1S/C16H29N7/c1-17-16(18-9-10-22(2)14-5-3-4-6-14)21-13-7-8-15-19-12-20-23(15)11-13/h12-14H,3-11H2,1-2H3,(H2,17,18,21). The van der Waals surface area contributed by atoms with Crippen molar-refractivity contribution in [3.8, 4) is 0 Å². The Balaban J connectivity index is 1.40. The first-order valence-electron chi connectivity index (χ1n) is 8.80. The first-order chi connectivity index (χ1) is 11.3. The second-order valence-electron chi connectivity index (χ2n) is 6.66. The molecule has 1 aliphatic carbocycles. The van der Waals surface area contributed by atoms with Gasteiger partial charge in [0.05, 0.1) is 6.54 Å². The summed E-state index contributed by atoms with van der Waals surface area (Å²) >= 11 is 0. The molecule has 2 N–H and O–H groups in total. The molecule has 1 aromatic rings. The van der Waals surface area contributed by atoms with Crippen LogP contribution in [0.15, 0.2) is 11.3 Å². The second-order valence-corrected chi connectivity index (χ2v) is 6.66. The van der Waals surface area contributed by atoms with Gasteiger partial charge >= 0.3 is 0 Å². The van der Waals surface area contributed by atoms with Crippen molar-refractivity contribution in [3.63, 3.8) is 0 Å². The third-order valence-corrected chi connectivity index (χ3v) is 5.07. The highest BCUT2D eigenvalue weighted by molar-refractivity contribution is 5.79. The number of guanidine groups is 1. The van der Waals surface area contributed by atoms with E-state index in [-0.39, 0.29) is 0 Å². The van der Waals surface area contributed by atoms with Gasteiger partial charge in [0, 0.05) is 38.6 Å².